The average molecular weight is 631 g/mol. The highest BCUT2D eigenvalue weighted by molar-refractivity contribution is 6.07. The number of amides is 1. The van der Waals surface area contributed by atoms with E-state index in [0.29, 0.717) is 33.5 Å². The fraction of sp³-hybridized carbons (Fsp3) is 0.250. The van der Waals surface area contributed by atoms with Crippen molar-refractivity contribution in [3.63, 3.8) is 0 Å². The van der Waals surface area contributed by atoms with Crippen molar-refractivity contribution in [2.24, 2.45) is 0 Å². The number of nitrogens with one attached hydrogen (secondary N) is 1. The third kappa shape index (κ3) is 7.94. The van der Waals surface area contributed by atoms with Crippen molar-refractivity contribution >= 4 is 23.7 Å². The molecule has 0 aliphatic rings. The quantitative estimate of drug-likeness (QED) is 0.129. The lowest BCUT2D eigenvalue weighted by Gasteiger charge is -2.17. The summed E-state index contributed by atoms with van der Waals surface area (Å²) in [6, 6.07) is 19.2. The Bertz CT molecular complexity index is 1730. The Hall–Kier alpha value is -5.09. The van der Waals surface area contributed by atoms with Crippen LogP contribution >= 0.6 is 0 Å². The van der Waals surface area contributed by atoms with Crippen molar-refractivity contribution in [3.05, 3.63) is 107 Å². The van der Waals surface area contributed by atoms with Crippen LogP contribution in [-0.2, 0) is 20.9 Å². The molecule has 0 aliphatic carbocycles. The van der Waals surface area contributed by atoms with Crippen molar-refractivity contribution in [1.82, 2.24) is 9.88 Å². The number of hydrogen-bond acceptors (Lipinski definition) is 6. The molecule has 0 radical (unpaired) electrons. The summed E-state index contributed by atoms with van der Waals surface area (Å²) in [6.07, 6.45) is 0.964. The van der Waals surface area contributed by atoms with Crippen LogP contribution < -0.4 is 10.1 Å². The first-order valence-electron chi connectivity index (χ1n) is 14.7. The van der Waals surface area contributed by atoms with Gasteiger partial charge in [-0.15, -0.1) is 0 Å². The molecule has 0 spiro atoms. The van der Waals surface area contributed by atoms with Gasteiger partial charge in [0, 0.05) is 30.1 Å². The van der Waals surface area contributed by atoms with E-state index in [1.54, 1.807) is 28.8 Å². The van der Waals surface area contributed by atoms with Crippen LogP contribution in [0.25, 0.3) is 28.3 Å². The number of halogens is 2. The lowest BCUT2D eigenvalue weighted by atomic mass is 9.94. The van der Waals surface area contributed by atoms with Gasteiger partial charge in [0.15, 0.2) is 17.3 Å². The van der Waals surface area contributed by atoms with Crippen LogP contribution in [-0.4, -0.2) is 47.7 Å². The maximum Gasteiger partial charge on any atom is 0.308 e. The zero-order valence-corrected chi connectivity index (χ0v) is 26.1. The third-order valence-electron chi connectivity index (χ3n) is 7.33. The van der Waals surface area contributed by atoms with Crippen molar-refractivity contribution in [2.45, 2.75) is 45.4 Å². The summed E-state index contributed by atoms with van der Waals surface area (Å²) in [5.74, 6) is -2.46. The van der Waals surface area contributed by atoms with E-state index in [2.05, 4.69) is 10.1 Å². The number of nitrogens with zero attached hydrogens (tertiary/aromatic N) is 1. The van der Waals surface area contributed by atoms with Crippen LogP contribution in [0, 0.1) is 11.6 Å². The molecule has 1 atom stereocenters. The van der Waals surface area contributed by atoms with Gasteiger partial charge >= 0.3 is 5.97 Å². The number of methoxy groups -OCH3 is 2. The molecule has 0 bridgehead atoms. The van der Waals surface area contributed by atoms with Gasteiger partial charge in [-0.05, 0) is 67.0 Å². The average Bonchev–Trinajstić information content (AvgIpc) is 3.39. The van der Waals surface area contributed by atoms with E-state index in [0.717, 1.165) is 0 Å². The van der Waals surface area contributed by atoms with Crippen molar-refractivity contribution < 1.29 is 37.7 Å². The third-order valence-corrected chi connectivity index (χ3v) is 7.33. The number of hydrogen-bond donors (Lipinski definition) is 2. The van der Waals surface area contributed by atoms with E-state index < -0.39 is 35.4 Å². The van der Waals surface area contributed by atoms with E-state index in [1.807, 2.05) is 44.2 Å². The monoisotopic (exact) mass is 630 g/mol. The number of rotatable bonds is 13. The molecule has 8 nitrogen and oxygen atoms in total. The van der Waals surface area contributed by atoms with Gasteiger partial charge in [-0.25, -0.2) is 8.78 Å². The van der Waals surface area contributed by atoms with Gasteiger partial charge in [-0.1, -0.05) is 48.5 Å². The molecule has 240 valence electrons. The maximum absolute atomic E-state index is 14.4. The fourth-order valence-corrected chi connectivity index (χ4v) is 5.23. The van der Waals surface area contributed by atoms with Crippen LogP contribution in [0.3, 0.4) is 0 Å². The van der Waals surface area contributed by atoms with Crippen molar-refractivity contribution in [2.75, 3.05) is 14.2 Å². The van der Waals surface area contributed by atoms with Gasteiger partial charge in [-0.3, -0.25) is 14.4 Å². The van der Waals surface area contributed by atoms with Crippen LogP contribution in [0.5, 0.6) is 5.75 Å². The molecule has 0 unspecified atom stereocenters. The van der Waals surface area contributed by atoms with Crippen LogP contribution in [0.2, 0.25) is 0 Å². The normalized spacial score (nSPS) is 11.9. The van der Waals surface area contributed by atoms with Crippen molar-refractivity contribution in [3.8, 4) is 28.0 Å². The second kappa shape index (κ2) is 15.3. The first-order valence-corrected chi connectivity index (χ1v) is 14.7. The molecule has 10 heteroatoms. The van der Waals surface area contributed by atoms with Gasteiger partial charge in [0.1, 0.15) is 11.5 Å². The topological polar surface area (TPSA) is 107 Å². The SMILES string of the molecule is COC(=O)C[C@H](O)CC(=O)C=Cc1c(-c2ccc(F)cc2)c(-c2ccccc2)c(C(=O)NCc2ccc(OC)c(F)c2)n1C(C)C. The fourth-order valence-electron chi connectivity index (χ4n) is 5.23. The van der Waals surface area contributed by atoms with E-state index in [4.69, 9.17) is 4.74 Å². The Balaban J connectivity index is 1.87. The minimum Gasteiger partial charge on any atom is -0.494 e. The van der Waals surface area contributed by atoms with Gasteiger partial charge in [-0.2, -0.15) is 0 Å². The summed E-state index contributed by atoms with van der Waals surface area (Å²) in [6.45, 7) is 3.79. The predicted octanol–water partition coefficient (Wildman–Crippen LogP) is 6.52. The first kappa shape index (κ1) is 33.8. The Morgan fingerprint density at radius 3 is 2.20 bits per heavy atom. The Labute approximate surface area is 266 Å². The number of ether oxygens (including phenoxy) is 2. The molecule has 1 aromatic heterocycles. The van der Waals surface area contributed by atoms with Crippen molar-refractivity contribution in [1.29, 1.82) is 0 Å². The standard InChI is InChI=1S/C36H36F2N2O6/c1-22(2)40-30(16-15-27(41)19-28(42)20-32(43)46-4)33(25-11-13-26(37)14-12-25)34(24-8-6-5-7-9-24)35(40)36(44)39-21-23-10-17-31(45-3)29(38)18-23/h5-18,22,28,42H,19-21H2,1-4H3,(H,39,44)/t28-/m1/s1. The Kier molecular flexibility index (Phi) is 11.2. The summed E-state index contributed by atoms with van der Waals surface area (Å²) < 4.78 is 39.8. The van der Waals surface area contributed by atoms with E-state index >= 15 is 0 Å². The molecule has 0 saturated heterocycles. The van der Waals surface area contributed by atoms with Crippen LogP contribution in [0.15, 0.2) is 78.9 Å². The zero-order chi connectivity index (χ0) is 33.4. The van der Waals surface area contributed by atoms with Gasteiger partial charge in [0.25, 0.3) is 5.91 Å². The lowest BCUT2D eigenvalue weighted by Crippen LogP contribution is -2.27. The number of esters is 1. The largest absolute Gasteiger partial charge is 0.494 e. The van der Waals surface area contributed by atoms with E-state index in [9.17, 15) is 28.3 Å². The van der Waals surface area contributed by atoms with Crippen LogP contribution in [0.4, 0.5) is 8.78 Å². The summed E-state index contributed by atoms with van der Waals surface area (Å²) in [5.41, 5.74) is 3.74. The van der Waals surface area contributed by atoms with E-state index in [1.165, 1.54) is 44.6 Å². The van der Waals surface area contributed by atoms with E-state index in [-0.39, 0.29) is 36.9 Å². The highest BCUT2D eigenvalue weighted by Gasteiger charge is 2.29. The first-order chi connectivity index (χ1) is 22.0. The van der Waals surface area contributed by atoms with Gasteiger partial charge in [0.05, 0.1) is 32.4 Å². The minimum atomic E-state index is -1.23. The summed E-state index contributed by atoms with van der Waals surface area (Å²) in [4.78, 5) is 38.6. The number of ketones is 1. The molecular formula is C36H36F2N2O6. The van der Waals surface area contributed by atoms with Crippen LogP contribution in [0.1, 0.15) is 54.5 Å². The molecule has 4 rings (SSSR count). The smallest absolute Gasteiger partial charge is 0.308 e. The molecule has 4 aromatic rings. The number of aromatic nitrogens is 1. The highest BCUT2D eigenvalue weighted by Crippen LogP contribution is 2.42. The number of allylic oxidation sites excluding steroid dienone is 1. The molecule has 3 aromatic carbocycles. The number of carbonyl (C=O) groups excluding carboxylic acids is 3. The second-order valence-electron chi connectivity index (χ2n) is 10.9. The number of aliphatic hydroxyl groups is 1. The molecule has 0 fully saturated rings. The summed E-state index contributed by atoms with van der Waals surface area (Å²) >= 11 is 0. The lowest BCUT2D eigenvalue weighted by molar-refractivity contribution is -0.143. The van der Waals surface area contributed by atoms with Gasteiger partial charge < -0.3 is 24.5 Å². The Morgan fingerprint density at radius 2 is 1.59 bits per heavy atom. The molecule has 2 N–H and O–H groups in total. The highest BCUT2D eigenvalue weighted by atomic mass is 19.1. The molecule has 1 amide bonds. The van der Waals surface area contributed by atoms with Gasteiger partial charge in [0.2, 0.25) is 0 Å². The zero-order valence-electron chi connectivity index (χ0n) is 26.1. The number of benzene rings is 3. The Morgan fingerprint density at radius 1 is 0.913 bits per heavy atom. The maximum atomic E-state index is 14.4. The second-order valence-corrected chi connectivity index (χ2v) is 10.9. The minimum absolute atomic E-state index is 0.0187. The predicted molar refractivity (Wildman–Crippen MR) is 171 cm³/mol. The molecule has 0 aliphatic heterocycles. The molecule has 1 heterocycles. The number of aliphatic hydroxyl groups excluding tert-OH is 1. The summed E-state index contributed by atoms with van der Waals surface area (Å²) in [7, 11) is 2.56. The molecule has 0 saturated carbocycles. The molecular weight excluding hydrogens is 594 g/mol. The molecule has 46 heavy (non-hydrogen) atoms. The number of carbonyl (C=O) groups is 3. The summed E-state index contributed by atoms with van der Waals surface area (Å²) in [5, 5.41) is 13.1.